The molecule has 0 spiro atoms. The number of carbonyl (C=O) groups excluding carboxylic acids is 2. The van der Waals surface area contributed by atoms with Crippen molar-refractivity contribution in [1.29, 1.82) is 0 Å². The molecule has 3 rings (SSSR count). The van der Waals surface area contributed by atoms with E-state index in [1.165, 1.54) is 4.31 Å². The Morgan fingerprint density at radius 2 is 1.83 bits per heavy atom. The molecule has 9 heteroatoms. The molecule has 1 aromatic carbocycles. The minimum absolute atomic E-state index is 0.122. The number of nitrogens with zero attached hydrogens (tertiary/aromatic N) is 3. The normalized spacial score (nSPS) is 17.7. The molecule has 0 radical (unpaired) electrons. The van der Waals surface area contributed by atoms with Crippen LogP contribution in [0.4, 0.5) is 0 Å². The second-order valence-electron chi connectivity index (χ2n) is 7.80. The standard InChI is InChI=1S/C21H32N4O4S/c1-2-18-6-8-19(9-7-18)30(28,29)25(14-4-13-23-12-3-5-20(23)26)17-21(27)24-15-10-22-11-16-24/h6-9,22H,2-5,10-17H2,1H3. The highest BCUT2D eigenvalue weighted by Crippen LogP contribution is 2.18. The van der Waals surface area contributed by atoms with Gasteiger partial charge < -0.3 is 15.1 Å². The number of likely N-dealkylation sites (tertiary alicyclic amines) is 1. The topological polar surface area (TPSA) is 90.0 Å². The summed E-state index contributed by atoms with van der Waals surface area (Å²) < 4.78 is 27.9. The molecule has 0 aromatic heterocycles. The Balaban J connectivity index is 1.72. The predicted molar refractivity (Wildman–Crippen MR) is 114 cm³/mol. The molecule has 0 bridgehead atoms. The van der Waals surface area contributed by atoms with Crippen molar-refractivity contribution in [3.63, 3.8) is 0 Å². The minimum Gasteiger partial charge on any atom is -0.343 e. The van der Waals surface area contributed by atoms with Crippen LogP contribution in [0.25, 0.3) is 0 Å². The van der Waals surface area contributed by atoms with Crippen molar-refractivity contribution in [2.75, 3.05) is 52.4 Å². The van der Waals surface area contributed by atoms with Gasteiger partial charge in [0, 0.05) is 52.2 Å². The van der Waals surface area contributed by atoms with Crippen LogP contribution in [0.2, 0.25) is 0 Å². The van der Waals surface area contributed by atoms with Crippen LogP contribution in [0, 0.1) is 0 Å². The Hall–Kier alpha value is -1.97. The van der Waals surface area contributed by atoms with Crippen LogP contribution in [0.3, 0.4) is 0 Å². The third-order valence-electron chi connectivity index (χ3n) is 5.76. The monoisotopic (exact) mass is 436 g/mol. The number of carbonyl (C=O) groups is 2. The molecular formula is C21H32N4O4S. The van der Waals surface area contributed by atoms with Gasteiger partial charge in [-0.1, -0.05) is 19.1 Å². The van der Waals surface area contributed by atoms with Gasteiger partial charge in [-0.15, -0.1) is 0 Å². The molecule has 0 saturated carbocycles. The smallest absolute Gasteiger partial charge is 0.243 e. The van der Waals surface area contributed by atoms with E-state index in [0.29, 0.717) is 45.6 Å². The van der Waals surface area contributed by atoms with E-state index < -0.39 is 10.0 Å². The van der Waals surface area contributed by atoms with Crippen molar-refractivity contribution >= 4 is 21.8 Å². The molecule has 0 unspecified atom stereocenters. The van der Waals surface area contributed by atoms with E-state index in [1.54, 1.807) is 21.9 Å². The van der Waals surface area contributed by atoms with Crippen molar-refractivity contribution in [2.24, 2.45) is 0 Å². The van der Waals surface area contributed by atoms with E-state index in [0.717, 1.165) is 24.9 Å². The molecule has 2 heterocycles. The summed E-state index contributed by atoms with van der Waals surface area (Å²) in [6, 6.07) is 6.85. The van der Waals surface area contributed by atoms with Gasteiger partial charge in [-0.05, 0) is 37.0 Å². The highest BCUT2D eigenvalue weighted by molar-refractivity contribution is 7.89. The van der Waals surface area contributed by atoms with Gasteiger partial charge in [-0.25, -0.2) is 8.42 Å². The van der Waals surface area contributed by atoms with Crippen molar-refractivity contribution in [1.82, 2.24) is 19.4 Å². The van der Waals surface area contributed by atoms with Crippen LogP contribution in [-0.4, -0.2) is 86.7 Å². The number of hydrogen-bond donors (Lipinski definition) is 1. The fourth-order valence-corrected chi connectivity index (χ4v) is 5.30. The fourth-order valence-electron chi connectivity index (χ4n) is 3.87. The summed E-state index contributed by atoms with van der Waals surface area (Å²) in [7, 11) is -3.80. The number of piperazine rings is 1. The maximum absolute atomic E-state index is 13.3. The van der Waals surface area contributed by atoms with Crippen LogP contribution in [-0.2, 0) is 26.0 Å². The first-order chi connectivity index (χ1) is 14.4. The van der Waals surface area contributed by atoms with E-state index in [1.807, 2.05) is 19.1 Å². The number of hydrogen-bond acceptors (Lipinski definition) is 5. The summed E-state index contributed by atoms with van der Waals surface area (Å²) in [6.45, 7) is 5.89. The lowest BCUT2D eigenvalue weighted by atomic mass is 10.2. The quantitative estimate of drug-likeness (QED) is 0.615. The minimum atomic E-state index is -3.80. The van der Waals surface area contributed by atoms with Crippen LogP contribution in [0.15, 0.2) is 29.2 Å². The van der Waals surface area contributed by atoms with Crippen molar-refractivity contribution in [3.05, 3.63) is 29.8 Å². The van der Waals surface area contributed by atoms with Crippen LogP contribution < -0.4 is 5.32 Å². The molecule has 2 saturated heterocycles. The third-order valence-corrected chi connectivity index (χ3v) is 7.62. The van der Waals surface area contributed by atoms with Crippen LogP contribution in [0.5, 0.6) is 0 Å². The predicted octanol–water partition coefficient (Wildman–Crippen LogP) is 0.684. The van der Waals surface area contributed by atoms with Gasteiger partial charge in [-0.2, -0.15) is 4.31 Å². The molecule has 1 aromatic rings. The fraction of sp³-hybridized carbons (Fsp3) is 0.619. The summed E-state index contributed by atoms with van der Waals surface area (Å²) in [5.74, 6) is -0.0565. The second kappa shape index (κ2) is 10.4. The molecule has 0 aliphatic carbocycles. The van der Waals surface area contributed by atoms with Gasteiger partial charge in [-0.3, -0.25) is 9.59 Å². The zero-order chi connectivity index (χ0) is 21.6. The zero-order valence-corrected chi connectivity index (χ0v) is 18.5. The summed E-state index contributed by atoms with van der Waals surface area (Å²) in [6.07, 6.45) is 2.75. The van der Waals surface area contributed by atoms with Crippen molar-refractivity contribution in [2.45, 2.75) is 37.5 Å². The number of aryl methyl sites for hydroxylation is 1. The maximum Gasteiger partial charge on any atom is 0.243 e. The Labute approximate surface area is 179 Å². The third kappa shape index (κ3) is 5.59. The summed E-state index contributed by atoms with van der Waals surface area (Å²) in [5.41, 5.74) is 1.06. The Kier molecular flexibility index (Phi) is 7.85. The Morgan fingerprint density at radius 1 is 1.13 bits per heavy atom. The Bertz CT molecular complexity index is 835. The molecule has 2 amide bonds. The van der Waals surface area contributed by atoms with Gasteiger partial charge in [0.1, 0.15) is 0 Å². The first-order valence-electron chi connectivity index (χ1n) is 10.8. The van der Waals surface area contributed by atoms with Crippen molar-refractivity contribution in [3.8, 4) is 0 Å². The van der Waals surface area contributed by atoms with Gasteiger partial charge in [0.2, 0.25) is 21.8 Å². The van der Waals surface area contributed by atoms with Gasteiger partial charge in [0.25, 0.3) is 0 Å². The zero-order valence-electron chi connectivity index (χ0n) is 17.7. The highest BCUT2D eigenvalue weighted by Gasteiger charge is 2.29. The SMILES string of the molecule is CCc1ccc(S(=O)(=O)N(CCCN2CCCC2=O)CC(=O)N2CCNCC2)cc1. The number of sulfonamides is 1. The molecule has 30 heavy (non-hydrogen) atoms. The summed E-state index contributed by atoms with van der Waals surface area (Å²) >= 11 is 0. The summed E-state index contributed by atoms with van der Waals surface area (Å²) in [5, 5.41) is 3.20. The highest BCUT2D eigenvalue weighted by atomic mass is 32.2. The van der Waals surface area contributed by atoms with E-state index in [9.17, 15) is 18.0 Å². The first-order valence-corrected chi connectivity index (χ1v) is 12.2. The average Bonchev–Trinajstić information content (AvgIpc) is 3.18. The molecule has 8 nitrogen and oxygen atoms in total. The largest absolute Gasteiger partial charge is 0.343 e. The van der Waals surface area contributed by atoms with Gasteiger partial charge in [0.05, 0.1) is 11.4 Å². The lowest BCUT2D eigenvalue weighted by Crippen LogP contribution is -2.50. The van der Waals surface area contributed by atoms with Gasteiger partial charge in [0.15, 0.2) is 0 Å². The molecule has 2 fully saturated rings. The maximum atomic E-state index is 13.3. The lowest BCUT2D eigenvalue weighted by molar-refractivity contribution is -0.132. The second-order valence-corrected chi connectivity index (χ2v) is 9.74. The first kappa shape index (κ1) is 22.7. The Morgan fingerprint density at radius 3 is 2.43 bits per heavy atom. The number of benzene rings is 1. The van der Waals surface area contributed by atoms with E-state index >= 15 is 0 Å². The van der Waals surface area contributed by atoms with Crippen LogP contribution >= 0.6 is 0 Å². The molecule has 166 valence electrons. The van der Waals surface area contributed by atoms with Crippen LogP contribution in [0.1, 0.15) is 31.7 Å². The molecule has 2 aliphatic rings. The van der Waals surface area contributed by atoms with E-state index in [2.05, 4.69) is 5.32 Å². The number of amides is 2. The van der Waals surface area contributed by atoms with E-state index in [4.69, 9.17) is 0 Å². The number of rotatable bonds is 9. The molecule has 1 N–H and O–H groups in total. The molecular weight excluding hydrogens is 404 g/mol. The molecule has 0 atom stereocenters. The van der Waals surface area contributed by atoms with E-state index in [-0.39, 0.29) is 29.8 Å². The van der Waals surface area contributed by atoms with Gasteiger partial charge >= 0.3 is 0 Å². The lowest BCUT2D eigenvalue weighted by Gasteiger charge is -2.30. The van der Waals surface area contributed by atoms with Crippen molar-refractivity contribution < 1.29 is 18.0 Å². The number of nitrogens with one attached hydrogen (secondary N) is 1. The average molecular weight is 437 g/mol. The summed E-state index contributed by atoms with van der Waals surface area (Å²) in [4.78, 5) is 28.3. The molecule has 2 aliphatic heterocycles.